The van der Waals surface area contributed by atoms with Crippen molar-refractivity contribution in [1.82, 2.24) is 0 Å². The number of carbonyl (C=O) groups excluding carboxylic acids is 1. The van der Waals surface area contributed by atoms with E-state index in [0.717, 1.165) is 5.56 Å². The summed E-state index contributed by atoms with van der Waals surface area (Å²) in [7, 11) is 0. The number of carbonyl (C=O) groups is 2. The summed E-state index contributed by atoms with van der Waals surface area (Å²) in [6.45, 7) is 0. The van der Waals surface area contributed by atoms with E-state index in [-0.39, 0.29) is 17.7 Å². The topological polar surface area (TPSA) is 77.8 Å². The van der Waals surface area contributed by atoms with E-state index in [1.807, 2.05) is 12.1 Å². The summed E-state index contributed by atoms with van der Waals surface area (Å²) in [6, 6.07) is 12.3. The van der Waals surface area contributed by atoms with E-state index in [9.17, 15) is 19.8 Å². The first-order valence-electron chi connectivity index (χ1n) is 6.52. The highest BCUT2D eigenvalue weighted by Crippen LogP contribution is 2.34. The zero-order valence-electron chi connectivity index (χ0n) is 11.1. The maximum Gasteiger partial charge on any atom is 0.327 e. The Morgan fingerprint density at radius 1 is 1.05 bits per heavy atom. The number of hydrogen-bond donors (Lipinski definition) is 2. The number of hydrogen-bond acceptors (Lipinski definition) is 3. The van der Waals surface area contributed by atoms with Crippen molar-refractivity contribution < 1.29 is 19.8 Å². The molecule has 1 atom stereocenters. The van der Waals surface area contributed by atoms with Crippen LogP contribution >= 0.6 is 0 Å². The predicted molar refractivity (Wildman–Crippen MR) is 76.5 cm³/mol. The molecule has 0 unspecified atom stereocenters. The maximum atomic E-state index is 12.6. The number of para-hydroxylation sites is 2. The quantitative estimate of drug-likeness (QED) is 0.884. The van der Waals surface area contributed by atoms with Gasteiger partial charge in [-0.25, -0.2) is 4.79 Å². The van der Waals surface area contributed by atoms with Gasteiger partial charge in [0, 0.05) is 12.1 Å². The fraction of sp³-hybridized carbons (Fsp3) is 0.125. The predicted octanol–water partition coefficient (Wildman–Crippen LogP) is 2.05. The number of amides is 1. The first-order chi connectivity index (χ1) is 10.1. The number of phenols is 1. The molecule has 5 nitrogen and oxygen atoms in total. The summed E-state index contributed by atoms with van der Waals surface area (Å²) in [6.07, 6.45) is 0.269. The van der Waals surface area contributed by atoms with Crippen LogP contribution in [0.1, 0.15) is 15.9 Å². The van der Waals surface area contributed by atoms with Crippen LogP contribution in [0, 0.1) is 0 Å². The molecule has 0 aliphatic carbocycles. The number of anilines is 1. The van der Waals surface area contributed by atoms with Crippen LogP contribution in [-0.4, -0.2) is 28.1 Å². The van der Waals surface area contributed by atoms with Crippen molar-refractivity contribution in [3.05, 3.63) is 59.7 Å². The van der Waals surface area contributed by atoms with E-state index in [1.54, 1.807) is 24.3 Å². The molecular formula is C16H13NO4. The maximum absolute atomic E-state index is 12.6. The van der Waals surface area contributed by atoms with Crippen molar-refractivity contribution in [2.45, 2.75) is 12.5 Å². The smallest absolute Gasteiger partial charge is 0.327 e. The Balaban J connectivity index is 2.08. The van der Waals surface area contributed by atoms with Gasteiger partial charge in [-0.05, 0) is 23.8 Å². The Bertz CT molecular complexity index is 726. The zero-order chi connectivity index (χ0) is 15.0. The molecule has 1 aliphatic rings. The normalized spacial score (nSPS) is 16.6. The van der Waals surface area contributed by atoms with Crippen LogP contribution in [0.4, 0.5) is 5.69 Å². The van der Waals surface area contributed by atoms with Gasteiger partial charge in [0.25, 0.3) is 5.91 Å². The second-order valence-corrected chi connectivity index (χ2v) is 4.88. The van der Waals surface area contributed by atoms with Crippen LogP contribution in [0.2, 0.25) is 0 Å². The standard InChI is InChI=1S/C16H13NO4/c18-14-8-4-2-6-11(14)15(19)17-12-7-3-1-5-10(12)9-13(17)16(20)21/h1-8,13,18H,9H2,(H,20,21)/t13-/m0/s1. The molecule has 0 fully saturated rings. The van der Waals surface area contributed by atoms with Gasteiger partial charge >= 0.3 is 5.97 Å². The summed E-state index contributed by atoms with van der Waals surface area (Å²) in [4.78, 5) is 25.3. The molecule has 0 aromatic heterocycles. The Morgan fingerprint density at radius 2 is 1.71 bits per heavy atom. The molecule has 5 heteroatoms. The third-order valence-corrected chi connectivity index (χ3v) is 3.61. The Kier molecular flexibility index (Phi) is 3.10. The highest BCUT2D eigenvalue weighted by molar-refractivity contribution is 6.12. The first-order valence-corrected chi connectivity index (χ1v) is 6.52. The second-order valence-electron chi connectivity index (χ2n) is 4.88. The molecule has 2 aromatic rings. The average Bonchev–Trinajstić information content (AvgIpc) is 2.86. The lowest BCUT2D eigenvalue weighted by molar-refractivity contribution is -0.138. The van der Waals surface area contributed by atoms with Gasteiger partial charge in [-0.1, -0.05) is 30.3 Å². The van der Waals surface area contributed by atoms with Crippen molar-refractivity contribution in [3.63, 3.8) is 0 Å². The molecule has 3 rings (SSSR count). The van der Waals surface area contributed by atoms with Gasteiger partial charge in [0.1, 0.15) is 11.8 Å². The number of carboxylic acids is 1. The first kappa shape index (κ1) is 13.2. The van der Waals surface area contributed by atoms with Gasteiger partial charge in [0.05, 0.1) is 5.56 Å². The summed E-state index contributed by atoms with van der Waals surface area (Å²) in [5.74, 6) is -1.73. The van der Waals surface area contributed by atoms with Crippen molar-refractivity contribution in [1.29, 1.82) is 0 Å². The fourth-order valence-corrected chi connectivity index (χ4v) is 2.62. The summed E-state index contributed by atoms with van der Waals surface area (Å²) < 4.78 is 0. The van der Waals surface area contributed by atoms with Crippen LogP contribution in [-0.2, 0) is 11.2 Å². The zero-order valence-corrected chi connectivity index (χ0v) is 11.1. The van der Waals surface area contributed by atoms with Gasteiger partial charge < -0.3 is 10.2 Å². The molecule has 1 amide bonds. The minimum Gasteiger partial charge on any atom is -0.507 e. The highest BCUT2D eigenvalue weighted by Gasteiger charge is 2.39. The molecule has 0 saturated heterocycles. The summed E-state index contributed by atoms with van der Waals surface area (Å²) >= 11 is 0. The molecule has 0 radical (unpaired) electrons. The number of carboxylic acid groups (broad SMARTS) is 1. The van der Waals surface area contributed by atoms with Crippen molar-refractivity contribution in [2.24, 2.45) is 0 Å². The molecule has 2 aromatic carbocycles. The number of aliphatic carboxylic acids is 1. The van der Waals surface area contributed by atoms with Crippen LogP contribution in [0.3, 0.4) is 0 Å². The molecule has 0 saturated carbocycles. The lowest BCUT2D eigenvalue weighted by atomic mass is 10.1. The van der Waals surface area contributed by atoms with Crippen LogP contribution in [0.15, 0.2) is 48.5 Å². The second kappa shape index (κ2) is 4.94. The Labute approximate surface area is 121 Å². The fourth-order valence-electron chi connectivity index (χ4n) is 2.62. The Morgan fingerprint density at radius 3 is 2.43 bits per heavy atom. The molecule has 0 bridgehead atoms. The molecule has 1 aliphatic heterocycles. The third-order valence-electron chi connectivity index (χ3n) is 3.61. The summed E-state index contributed by atoms with van der Waals surface area (Å²) in [5.41, 5.74) is 1.49. The van der Waals surface area contributed by atoms with E-state index in [4.69, 9.17) is 0 Å². The Hall–Kier alpha value is -2.82. The number of phenolic OH excluding ortho intramolecular Hbond substituents is 1. The number of rotatable bonds is 2. The minimum atomic E-state index is -1.06. The molecule has 106 valence electrons. The monoisotopic (exact) mass is 283 g/mol. The van der Waals surface area contributed by atoms with Crippen LogP contribution in [0.5, 0.6) is 5.75 Å². The molecule has 1 heterocycles. The van der Waals surface area contributed by atoms with E-state index in [1.165, 1.54) is 17.0 Å². The largest absolute Gasteiger partial charge is 0.507 e. The lowest BCUT2D eigenvalue weighted by Crippen LogP contribution is -2.42. The van der Waals surface area contributed by atoms with Crippen molar-refractivity contribution >= 4 is 17.6 Å². The molecule has 21 heavy (non-hydrogen) atoms. The summed E-state index contributed by atoms with van der Waals surface area (Å²) in [5, 5.41) is 19.2. The van der Waals surface area contributed by atoms with E-state index >= 15 is 0 Å². The van der Waals surface area contributed by atoms with Crippen molar-refractivity contribution in [2.75, 3.05) is 4.90 Å². The number of aromatic hydroxyl groups is 1. The highest BCUT2D eigenvalue weighted by atomic mass is 16.4. The van der Waals surface area contributed by atoms with Crippen LogP contribution < -0.4 is 4.90 Å². The number of nitrogens with zero attached hydrogens (tertiary/aromatic N) is 1. The van der Waals surface area contributed by atoms with Crippen molar-refractivity contribution in [3.8, 4) is 5.75 Å². The van der Waals surface area contributed by atoms with Gasteiger partial charge in [0.15, 0.2) is 0 Å². The average molecular weight is 283 g/mol. The minimum absolute atomic E-state index is 0.0976. The molecule has 2 N–H and O–H groups in total. The van der Waals surface area contributed by atoms with Crippen LogP contribution in [0.25, 0.3) is 0 Å². The SMILES string of the molecule is O=C(O)[C@@H]1Cc2ccccc2N1C(=O)c1ccccc1O. The molecule has 0 spiro atoms. The number of benzene rings is 2. The third kappa shape index (κ3) is 2.12. The lowest BCUT2D eigenvalue weighted by Gasteiger charge is -2.23. The van der Waals surface area contributed by atoms with E-state index < -0.39 is 17.9 Å². The van der Waals surface area contributed by atoms with E-state index in [0.29, 0.717) is 5.69 Å². The van der Waals surface area contributed by atoms with Gasteiger partial charge in [-0.2, -0.15) is 0 Å². The van der Waals surface area contributed by atoms with Gasteiger partial charge in [-0.15, -0.1) is 0 Å². The van der Waals surface area contributed by atoms with Gasteiger partial charge in [0.2, 0.25) is 0 Å². The molecular weight excluding hydrogens is 270 g/mol. The van der Waals surface area contributed by atoms with Gasteiger partial charge in [-0.3, -0.25) is 9.69 Å². The number of fused-ring (bicyclic) bond motifs is 1. The van der Waals surface area contributed by atoms with E-state index in [2.05, 4.69) is 0 Å².